The Labute approximate surface area is 95.3 Å². The Kier molecular flexibility index (Phi) is 4.38. The summed E-state index contributed by atoms with van der Waals surface area (Å²) in [6, 6.07) is 0. The highest BCUT2D eigenvalue weighted by Crippen LogP contribution is 2.19. The van der Waals surface area contributed by atoms with E-state index in [4.69, 9.17) is 18.0 Å². The molecule has 4 heteroatoms. The van der Waals surface area contributed by atoms with Gasteiger partial charge < -0.3 is 5.32 Å². The summed E-state index contributed by atoms with van der Waals surface area (Å²) in [7, 11) is 0. The minimum Gasteiger partial charge on any atom is -0.370 e. The van der Waals surface area contributed by atoms with Crippen LogP contribution in [0.25, 0.3) is 0 Å². The van der Waals surface area contributed by atoms with Gasteiger partial charge in [-0.2, -0.15) is 0 Å². The summed E-state index contributed by atoms with van der Waals surface area (Å²) in [5, 5.41) is 3.70. The Morgan fingerprint density at radius 1 is 1.40 bits per heavy atom. The molecule has 0 atom stereocenters. The second-order valence-corrected chi connectivity index (χ2v) is 3.63. The minimum atomic E-state index is 0.502. The summed E-state index contributed by atoms with van der Waals surface area (Å²) in [6.07, 6.45) is 6.86. The van der Waals surface area contributed by atoms with E-state index in [9.17, 15) is 0 Å². The lowest BCUT2D eigenvalue weighted by Crippen LogP contribution is -2.07. The van der Waals surface area contributed by atoms with Gasteiger partial charge >= 0.3 is 0 Å². The number of aryl methyl sites for hydroxylation is 1. The number of anilines is 1. The molecule has 1 heterocycles. The van der Waals surface area contributed by atoms with E-state index >= 15 is 0 Å². The van der Waals surface area contributed by atoms with E-state index in [0.717, 1.165) is 30.8 Å². The average molecular weight is 224 g/mol. The zero-order valence-electron chi connectivity index (χ0n) is 8.97. The molecule has 80 valence electrons. The van der Waals surface area contributed by atoms with Crippen LogP contribution < -0.4 is 5.32 Å². The summed E-state index contributed by atoms with van der Waals surface area (Å²) in [5.74, 6) is 4.06. The topological polar surface area (TPSA) is 37.8 Å². The van der Waals surface area contributed by atoms with Crippen molar-refractivity contribution in [1.82, 2.24) is 9.97 Å². The fourth-order valence-corrected chi connectivity index (χ4v) is 1.38. The van der Waals surface area contributed by atoms with Crippen LogP contribution in [0.4, 0.5) is 5.82 Å². The van der Waals surface area contributed by atoms with E-state index in [1.54, 1.807) is 0 Å². The Hall–Kier alpha value is -1.27. The number of halogens is 1. The molecule has 0 radical (unpaired) electrons. The molecule has 1 aromatic rings. The van der Waals surface area contributed by atoms with Crippen LogP contribution in [-0.4, -0.2) is 16.5 Å². The SMILES string of the molecule is C#CCCCNc1nc(C)nc(Cl)c1C. The van der Waals surface area contributed by atoms with E-state index in [1.165, 1.54) is 0 Å². The van der Waals surface area contributed by atoms with Crippen LogP contribution in [0.2, 0.25) is 5.15 Å². The molecule has 0 saturated heterocycles. The first-order valence-electron chi connectivity index (χ1n) is 4.83. The number of hydrogen-bond donors (Lipinski definition) is 1. The number of hydrogen-bond acceptors (Lipinski definition) is 3. The number of rotatable bonds is 4. The lowest BCUT2D eigenvalue weighted by atomic mass is 10.3. The fraction of sp³-hybridized carbons (Fsp3) is 0.455. The van der Waals surface area contributed by atoms with E-state index in [1.807, 2.05) is 13.8 Å². The van der Waals surface area contributed by atoms with Gasteiger partial charge in [0.2, 0.25) is 0 Å². The van der Waals surface area contributed by atoms with Crippen LogP contribution >= 0.6 is 11.6 Å². The molecule has 0 amide bonds. The highest BCUT2D eigenvalue weighted by molar-refractivity contribution is 6.30. The van der Waals surface area contributed by atoms with Gasteiger partial charge in [0, 0.05) is 18.5 Å². The Balaban J connectivity index is 2.65. The molecule has 1 rings (SSSR count). The van der Waals surface area contributed by atoms with Crippen molar-refractivity contribution in [3.05, 3.63) is 16.5 Å². The first kappa shape index (κ1) is 11.8. The second-order valence-electron chi connectivity index (χ2n) is 3.27. The molecule has 0 aliphatic carbocycles. The summed E-state index contributed by atoms with van der Waals surface area (Å²) >= 11 is 5.94. The van der Waals surface area contributed by atoms with Crippen LogP contribution in [0, 0.1) is 26.2 Å². The number of nitrogens with one attached hydrogen (secondary N) is 1. The third kappa shape index (κ3) is 3.41. The van der Waals surface area contributed by atoms with Gasteiger partial charge in [-0.1, -0.05) is 11.6 Å². The number of unbranched alkanes of at least 4 members (excludes halogenated alkanes) is 1. The molecule has 3 nitrogen and oxygen atoms in total. The van der Waals surface area contributed by atoms with Crippen molar-refractivity contribution in [2.24, 2.45) is 0 Å². The molecular weight excluding hydrogens is 210 g/mol. The van der Waals surface area contributed by atoms with Crippen LogP contribution in [0.3, 0.4) is 0 Å². The zero-order chi connectivity index (χ0) is 11.3. The summed E-state index contributed by atoms with van der Waals surface area (Å²) in [6.45, 7) is 4.51. The molecule has 0 aliphatic heterocycles. The minimum absolute atomic E-state index is 0.502. The first-order valence-corrected chi connectivity index (χ1v) is 5.21. The monoisotopic (exact) mass is 223 g/mol. The molecule has 1 N–H and O–H groups in total. The van der Waals surface area contributed by atoms with Crippen molar-refractivity contribution >= 4 is 17.4 Å². The van der Waals surface area contributed by atoms with Gasteiger partial charge in [-0.3, -0.25) is 0 Å². The van der Waals surface area contributed by atoms with Gasteiger partial charge in [0.05, 0.1) is 0 Å². The number of nitrogens with zero attached hydrogens (tertiary/aromatic N) is 2. The van der Waals surface area contributed by atoms with E-state index in [0.29, 0.717) is 11.0 Å². The maximum absolute atomic E-state index is 5.94. The van der Waals surface area contributed by atoms with Crippen molar-refractivity contribution in [2.75, 3.05) is 11.9 Å². The largest absolute Gasteiger partial charge is 0.370 e. The van der Waals surface area contributed by atoms with Crippen molar-refractivity contribution in [2.45, 2.75) is 26.7 Å². The lowest BCUT2D eigenvalue weighted by Gasteiger charge is -2.09. The quantitative estimate of drug-likeness (QED) is 0.484. The van der Waals surface area contributed by atoms with E-state index in [-0.39, 0.29) is 0 Å². The Morgan fingerprint density at radius 3 is 2.80 bits per heavy atom. The van der Waals surface area contributed by atoms with Crippen molar-refractivity contribution in [3.63, 3.8) is 0 Å². The van der Waals surface area contributed by atoms with Gasteiger partial charge in [-0.05, 0) is 20.3 Å². The summed E-state index contributed by atoms with van der Waals surface area (Å²) < 4.78 is 0. The van der Waals surface area contributed by atoms with Gasteiger partial charge in [-0.15, -0.1) is 12.3 Å². The van der Waals surface area contributed by atoms with Gasteiger partial charge in [-0.25, -0.2) is 9.97 Å². The van der Waals surface area contributed by atoms with Crippen LogP contribution in [0.15, 0.2) is 0 Å². The molecule has 0 fully saturated rings. The van der Waals surface area contributed by atoms with Crippen molar-refractivity contribution in [1.29, 1.82) is 0 Å². The average Bonchev–Trinajstić information content (AvgIpc) is 2.19. The lowest BCUT2D eigenvalue weighted by molar-refractivity contribution is 0.892. The van der Waals surface area contributed by atoms with Gasteiger partial charge in [0.15, 0.2) is 0 Å². The molecule has 15 heavy (non-hydrogen) atoms. The molecule has 0 aliphatic rings. The summed E-state index contributed by atoms with van der Waals surface area (Å²) in [4.78, 5) is 8.33. The normalized spacial score (nSPS) is 9.73. The molecule has 1 aromatic heterocycles. The Bertz CT molecular complexity index is 382. The van der Waals surface area contributed by atoms with Gasteiger partial charge in [0.25, 0.3) is 0 Å². The van der Waals surface area contributed by atoms with E-state index < -0.39 is 0 Å². The number of terminal acetylenes is 1. The molecule has 0 saturated carbocycles. The number of aromatic nitrogens is 2. The van der Waals surface area contributed by atoms with Crippen LogP contribution in [0.5, 0.6) is 0 Å². The summed E-state index contributed by atoms with van der Waals surface area (Å²) in [5.41, 5.74) is 0.878. The highest BCUT2D eigenvalue weighted by Gasteiger charge is 2.05. The third-order valence-corrected chi connectivity index (χ3v) is 2.36. The maximum atomic E-state index is 5.94. The molecule has 0 unspecified atom stereocenters. The third-order valence-electron chi connectivity index (χ3n) is 1.99. The fourth-order valence-electron chi connectivity index (χ4n) is 1.16. The van der Waals surface area contributed by atoms with E-state index in [2.05, 4.69) is 21.2 Å². The van der Waals surface area contributed by atoms with Crippen molar-refractivity contribution in [3.8, 4) is 12.3 Å². The maximum Gasteiger partial charge on any atom is 0.137 e. The predicted molar refractivity (Wildman–Crippen MR) is 63.1 cm³/mol. The smallest absolute Gasteiger partial charge is 0.137 e. The highest BCUT2D eigenvalue weighted by atomic mass is 35.5. The first-order chi connectivity index (χ1) is 7.15. The molecule has 0 spiro atoms. The zero-order valence-corrected chi connectivity index (χ0v) is 9.73. The standard InChI is InChI=1S/C11H14ClN3/c1-4-5-6-7-13-11-8(2)10(12)14-9(3)15-11/h1H,5-7H2,2-3H3,(H,13,14,15). The van der Waals surface area contributed by atoms with Crippen molar-refractivity contribution < 1.29 is 0 Å². The van der Waals surface area contributed by atoms with Crippen LogP contribution in [-0.2, 0) is 0 Å². The second kappa shape index (κ2) is 5.57. The molecular formula is C11H14ClN3. The molecule has 0 bridgehead atoms. The van der Waals surface area contributed by atoms with Gasteiger partial charge in [0.1, 0.15) is 16.8 Å². The predicted octanol–water partition coefficient (Wildman–Crippen LogP) is 2.57. The Morgan fingerprint density at radius 2 is 2.13 bits per heavy atom. The van der Waals surface area contributed by atoms with Crippen LogP contribution in [0.1, 0.15) is 24.2 Å². The molecule has 0 aromatic carbocycles.